The van der Waals surface area contributed by atoms with E-state index in [2.05, 4.69) is 17.5 Å². The Bertz CT molecular complexity index is 1100. The summed E-state index contributed by atoms with van der Waals surface area (Å²) in [6, 6.07) is 14.2. The van der Waals surface area contributed by atoms with E-state index in [4.69, 9.17) is 24.3 Å². The summed E-state index contributed by atoms with van der Waals surface area (Å²) in [5.41, 5.74) is 4.28. The van der Waals surface area contributed by atoms with Gasteiger partial charge in [0, 0.05) is 16.7 Å². The predicted octanol–water partition coefficient (Wildman–Crippen LogP) is 5.12. The fourth-order valence-electron chi connectivity index (χ4n) is 3.70. The van der Waals surface area contributed by atoms with Crippen LogP contribution < -0.4 is 19.0 Å². The molecule has 7 heteroatoms. The average molecular weight is 438 g/mol. The van der Waals surface area contributed by atoms with Gasteiger partial charge < -0.3 is 14.2 Å². The number of thiazole rings is 1. The number of hydrogen-bond donors (Lipinski definition) is 0. The topological polar surface area (TPSA) is 57.3 Å². The van der Waals surface area contributed by atoms with Crippen molar-refractivity contribution in [2.24, 2.45) is 10.1 Å². The molecule has 2 aromatic carbocycles. The van der Waals surface area contributed by atoms with Gasteiger partial charge in [-0.05, 0) is 43.4 Å². The second-order valence-corrected chi connectivity index (χ2v) is 8.14. The van der Waals surface area contributed by atoms with E-state index in [9.17, 15) is 0 Å². The molecule has 0 atom stereocenters. The highest BCUT2D eigenvalue weighted by Gasteiger charge is 2.18. The van der Waals surface area contributed by atoms with Crippen molar-refractivity contribution in [1.82, 2.24) is 4.68 Å². The van der Waals surface area contributed by atoms with Crippen LogP contribution in [0, 0.1) is 0 Å². The van der Waals surface area contributed by atoms with Gasteiger partial charge in [0.05, 0.1) is 33.6 Å². The zero-order valence-electron chi connectivity index (χ0n) is 18.1. The molecule has 1 saturated carbocycles. The summed E-state index contributed by atoms with van der Waals surface area (Å²) in [6.45, 7) is 0.612. The third-order valence-corrected chi connectivity index (χ3v) is 6.16. The van der Waals surface area contributed by atoms with Crippen LogP contribution in [-0.2, 0) is 6.54 Å². The van der Waals surface area contributed by atoms with Gasteiger partial charge in [0.25, 0.3) is 0 Å². The van der Waals surface area contributed by atoms with Crippen molar-refractivity contribution in [2.45, 2.75) is 32.2 Å². The Labute approximate surface area is 186 Å². The molecule has 0 unspecified atom stereocenters. The van der Waals surface area contributed by atoms with Crippen LogP contribution in [-0.4, -0.2) is 31.7 Å². The second-order valence-electron chi connectivity index (χ2n) is 7.30. The number of hydrogen-bond acceptors (Lipinski definition) is 6. The SMILES string of the molecule is COc1cc(-c2csc(=NCc3ccccc3)n2N=C2CCCC2)cc(OC)c1OC. The van der Waals surface area contributed by atoms with E-state index >= 15 is 0 Å². The molecule has 1 aliphatic carbocycles. The Morgan fingerprint density at radius 2 is 1.61 bits per heavy atom. The molecule has 1 heterocycles. The summed E-state index contributed by atoms with van der Waals surface area (Å²) in [4.78, 5) is 5.74. The minimum absolute atomic E-state index is 0.576. The molecule has 1 aliphatic rings. The lowest BCUT2D eigenvalue weighted by atomic mass is 10.1. The van der Waals surface area contributed by atoms with Gasteiger partial charge in [-0.2, -0.15) is 5.10 Å². The maximum Gasteiger partial charge on any atom is 0.206 e. The van der Waals surface area contributed by atoms with E-state index in [0.29, 0.717) is 23.8 Å². The summed E-state index contributed by atoms with van der Waals surface area (Å²) < 4.78 is 18.6. The monoisotopic (exact) mass is 437 g/mol. The molecule has 0 bridgehead atoms. The van der Waals surface area contributed by atoms with Gasteiger partial charge in [0.1, 0.15) is 0 Å². The summed E-state index contributed by atoms with van der Waals surface area (Å²) >= 11 is 1.59. The summed E-state index contributed by atoms with van der Waals surface area (Å²) in [5.74, 6) is 1.81. The molecule has 0 amide bonds. The summed E-state index contributed by atoms with van der Waals surface area (Å²) in [6.07, 6.45) is 4.46. The first kappa shape index (κ1) is 21.2. The Morgan fingerprint density at radius 3 is 2.23 bits per heavy atom. The summed E-state index contributed by atoms with van der Waals surface area (Å²) in [5, 5.41) is 7.08. The third kappa shape index (κ3) is 4.66. The van der Waals surface area contributed by atoms with Gasteiger partial charge in [-0.25, -0.2) is 4.68 Å². The Morgan fingerprint density at radius 1 is 0.935 bits per heavy atom. The smallest absolute Gasteiger partial charge is 0.206 e. The van der Waals surface area contributed by atoms with E-state index in [0.717, 1.165) is 28.9 Å². The molecular formula is C24H27N3O3S. The maximum atomic E-state index is 5.56. The van der Waals surface area contributed by atoms with E-state index in [1.165, 1.54) is 24.1 Å². The maximum absolute atomic E-state index is 5.56. The molecule has 0 saturated heterocycles. The third-order valence-electron chi connectivity index (χ3n) is 5.31. The molecule has 1 aromatic heterocycles. The van der Waals surface area contributed by atoms with Crippen LogP contribution in [0.5, 0.6) is 17.2 Å². The van der Waals surface area contributed by atoms with Crippen LogP contribution in [0.4, 0.5) is 0 Å². The first-order valence-electron chi connectivity index (χ1n) is 10.4. The molecule has 6 nitrogen and oxygen atoms in total. The van der Waals surface area contributed by atoms with Crippen LogP contribution in [0.1, 0.15) is 31.2 Å². The molecule has 0 aliphatic heterocycles. The van der Waals surface area contributed by atoms with Crippen molar-refractivity contribution >= 4 is 17.0 Å². The molecule has 0 N–H and O–H groups in total. The summed E-state index contributed by atoms with van der Waals surface area (Å²) in [7, 11) is 4.86. The van der Waals surface area contributed by atoms with Gasteiger partial charge in [0.2, 0.25) is 10.6 Å². The van der Waals surface area contributed by atoms with E-state index in [1.54, 1.807) is 32.7 Å². The Balaban J connectivity index is 1.83. The van der Waals surface area contributed by atoms with Gasteiger partial charge in [-0.1, -0.05) is 30.3 Å². The van der Waals surface area contributed by atoms with Gasteiger partial charge >= 0.3 is 0 Å². The molecule has 3 aromatic rings. The average Bonchev–Trinajstić information content (AvgIpc) is 3.47. The lowest BCUT2D eigenvalue weighted by Gasteiger charge is -2.14. The van der Waals surface area contributed by atoms with Crippen molar-refractivity contribution < 1.29 is 14.2 Å². The van der Waals surface area contributed by atoms with Crippen molar-refractivity contribution in [1.29, 1.82) is 0 Å². The number of benzene rings is 2. The normalized spacial score (nSPS) is 14.0. The first-order chi connectivity index (χ1) is 15.2. The lowest BCUT2D eigenvalue weighted by Crippen LogP contribution is -2.14. The zero-order chi connectivity index (χ0) is 21.6. The van der Waals surface area contributed by atoms with Gasteiger partial charge in [-0.3, -0.25) is 4.99 Å². The quantitative estimate of drug-likeness (QED) is 0.515. The van der Waals surface area contributed by atoms with Gasteiger partial charge in [0.15, 0.2) is 11.5 Å². The Hall–Kier alpha value is -3.06. The highest BCUT2D eigenvalue weighted by atomic mass is 32.1. The van der Waals surface area contributed by atoms with Crippen molar-refractivity contribution in [2.75, 3.05) is 21.3 Å². The molecule has 0 spiro atoms. The lowest BCUT2D eigenvalue weighted by molar-refractivity contribution is 0.324. The molecule has 162 valence electrons. The van der Waals surface area contributed by atoms with Crippen molar-refractivity contribution in [3.63, 3.8) is 0 Å². The van der Waals surface area contributed by atoms with Crippen molar-refractivity contribution in [3.8, 4) is 28.5 Å². The minimum Gasteiger partial charge on any atom is -0.493 e. The highest BCUT2D eigenvalue weighted by molar-refractivity contribution is 7.07. The largest absolute Gasteiger partial charge is 0.493 e. The van der Waals surface area contributed by atoms with Crippen LogP contribution in [0.2, 0.25) is 0 Å². The predicted molar refractivity (Wildman–Crippen MR) is 124 cm³/mol. The number of methoxy groups -OCH3 is 3. The minimum atomic E-state index is 0.576. The fourth-order valence-corrected chi connectivity index (χ4v) is 4.53. The zero-order valence-corrected chi connectivity index (χ0v) is 18.9. The molecular weight excluding hydrogens is 410 g/mol. The van der Waals surface area contributed by atoms with E-state index < -0.39 is 0 Å². The highest BCUT2D eigenvalue weighted by Crippen LogP contribution is 2.41. The molecule has 31 heavy (non-hydrogen) atoms. The standard InChI is InChI=1S/C24H27N3O3S/c1-28-21-13-18(14-22(29-2)23(21)30-3)20-16-31-24(25-15-17-9-5-4-6-10-17)27(20)26-19-11-7-8-12-19/h4-6,9-10,13-14,16H,7-8,11-12,15H2,1-3H3. The van der Waals surface area contributed by atoms with Crippen molar-refractivity contribution in [3.05, 3.63) is 58.2 Å². The van der Waals surface area contributed by atoms with Crippen LogP contribution in [0.25, 0.3) is 11.3 Å². The molecule has 1 fully saturated rings. The number of ether oxygens (including phenoxy) is 3. The Kier molecular flexibility index (Phi) is 6.72. The van der Waals surface area contributed by atoms with Gasteiger partial charge in [-0.15, -0.1) is 11.3 Å². The second kappa shape index (κ2) is 9.83. The van der Waals surface area contributed by atoms with E-state index in [-0.39, 0.29) is 0 Å². The van der Waals surface area contributed by atoms with Crippen LogP contribution >= 0.6 is 11.3 Å². The number of aromatic nitrogens is 1. The van der Waals surface area contributed by atoms with E-state index in [1.807, 2.05) is 35.0 Å². The van der Waals surface area contributed by atoms with Crippen LogP contribution in [0.15, 0.2) is 57.9 Å². The number of rotatable bonds is 7. The van der Waals surface area contributed by atoms with Crippen LogP contribution in [0.3, 0.4) is 0 Å². The first-order valence-corrected chi connectivity index (χ1v) is 11.2. The molecule has 0 radical (unpaired) electrons. The fraction of sp³-hybridized carbons (Fsp3) is 0.333. The molecule has 4 rings (SSSR count). The number of nitrogens with zero attached hydrogens (tertiary/aromatic N) is 3.